The van der Waals surface area contributed by atoms with Gasteiger partial charge >= 0.3 is 0 Å². The molecule has 1 aromatic heterocycles. The topological polar surface area (TPSA) is 43.4 Å². The molecule has 2 N–H and O–H groups in total. The molecule has 0 saturated carbocycles. The van der Waals surface area contributed by atoms with Crippen molar-refractivity contribution in [1.29, 1.82) is 0 Å². The molecule has 1 unspecified atom stereocenters. The summed E-state index contributed by atoms with van der Waals surface area (Å²) in [4.78, 5) is 10.4. The zero-order chi connectivity index (χ0) is 13.2. The lowest BCUT2D eigenvalue weighted by Crippen LogP contribution is -2.34. The molecule has 1 aromatic rings. The lowest BCUT2D eigenvalue weighted by molar-refractivity contribution is 0.456. The highest BCUT2D eigenvalue weighted by atomic mass is 15.2. The summed E-state index contributed by atoms with van der Waals surface area (Å²) in [6, 6.07) is 2.77. The summed E-state index contributed by atoms with van der Waals surface area (Å²) in [6.07, 6.45) is 7.35. The Kier molecular flexibility index (Phi) is 3.42. The van der Waals surface area contributed by atoms with Crippen molar-refractivity contribution in [3.8, 4) is 0 Å². The average molecular weight is 258 g/mol. The van der Waals surface area contributed by atoms with Gasteiger partial charge in [-0.25, -0.2) is 4.99 Å². The van der Waals surface area contributed by atoms with Crippen LogP contribution in [-0.4, -0.2) is 36.1 Å². The van der Waals surface area contributed by atoms with E-state index in [0.717, 1.165) is 31.4 Å². The summed E-state index contributed by atoms with van der Waals surface area (Å²) in [7, 11) is 2.06. The van der Waals surface area contributed by atoms with Crippen molar-refractivity contribution in [3.63, 3.8) is 0 Å². The number of H-pyrrole nitrogens is 1. The van der Waals surface area contributed by atoms with Gasteiger partial charge in [-0.2, -0.15) is 0 Å². The molecule has 0 amide bonds. The number of nitrogens with one attached hydrogen (secondary N) is 2. The summed E-state index contributed by atoms with van der Waals surface area (Å²) in [5, 5.41) is 4.67. The van der Waals surface area contributed by atoms with Gasteiger partial charge in [-0.3, -0.25) is 0 Å². The van der Waals surface area contributed by atoms with E-state index in [1.54, 1.807) is 0 Å². The molecule has 4 heteroatoms. The highest BCUT2D eigenvalue weighted by Gasteiger charge is 2.24. The summed E-state index contributed by atoms with van der Waals surface area (Å²) in [6.45, 7) is 4.45. The van der Waals surface area contributed by atoms with Crippen LogP contribution >= 0.6 is 0 Å². The molecular weight excluding hydrogens is 236 g/mol. The third-order valence-electron chi connectivity index (χ3n) is 4.24. The lowest BCUT2D eigenvalue weighted by atomic mass is 10.1. The Morgan fingerprint density at radius 2 is 2.42 bits per heavy atom. The van der Waals surface area contributed by atoms with Crippen molar-refractivity contribution in [2.75, 3.05) is 20.1 Å². The fourth-order valence-corrected chi connectivity index (χ4v) is 2.95. The van der Waals surface area contributed by atoms with Gasteiger partial charge in [0.15, 0.2) is 0 Å². The van der Waals surface area contributed by atoms with Crippen molar-refractivity contribution in [3.05, 3.63) is 34.7 Å². The molecule has 19 heavy (non-hydrogen) atoms. The monoisotopic (exact) mass is 258 g/mol. The fraction of sp³-hybridized carbons (Fsp3) is 0.533. The van der Waals surface area contributed by atoms with Crippen LogP contribution < -0.4 is 16.0 Å². The van der Waals surface area contributed by atoms with E-state index in [9.17, 15) is 0 Å². The Hall–Kier alpha value is -1.55. The van der Waals surface area contributed by atoms with E-state index >= 15 is 0 Å². The molecule has 4 nitrogen and oxygen atoms in total. The number of aromatic nitrogens is 1. The summed E-state index contributed by atoms with van der Waals surface area (Å²) in [5.41, 5.74) is 3.85. The summed E-state index contributed by atoms with van der Waals surface area (Å²) in [5.74, 6) is 0. The first-order chi connectivity index (χ1) is 9.31. The van der Waals surface area contributed by atoms with Gasteiger partial charge in [0.05, 0.1) is 0 Å². The quantitative estimate of drug-likeness (QED) is 0.839. The molecule has 0 bridgehead atoms. The minimum atomic E-state index is 0.615. The van der Waals surface area contributed by atoms with Crippen molar-refractivity contribution in [2.45, 2.75) is 32.2 Å². The highest BCUT2D eigenvalue weighted by Crippen LogP contribution is 2.23. The molecule has 3 rings (SSSR count). The van der Waals surface area contributed by atoms with E-state index in [1.165, 1.54) is 22.9 Å². The largest absolute Gasteiger partial charge is 0.372 e. The number of rotatable bonds is 3. The minimum absolute atomic E-state index is 0.615. The molecule has 3 heterocycles. The standard InChI is InChI=1S/C15H22N4/c1-3-11-8-14(19-7-5-12(10-19)16-2)13-4-6-17-15(13)18-9-11/h4,6,9,12,16H,3,5,7-8,10H2,1-2H3,(H,17,18). The van der Waals surface area contributed by atoms with Crippen LogP contribution in [0.4, 0.5) is 0 Å². The Labute approximate surface area is 113 Å². The maximum atomic E-state index is 4.58. The first-order valence-corrected chi connectivity index (χ1v) is 7.16. The predicted octanol–water partition coefficient (Wildman–Crippen LogP) is 0.734. The van der Waals surface area contributed by atoms with Crippen LogP contribution in [0.1, 0.15) is 26.2 Å². The molecule has 1 saturated heterocycles. The molecular formula is C15H22N4. The first-order valence-electron chi connectivity index (χ1n) is 7.16. The zero-order valence-corrected chi connectivity index (χ0v) is 11.7. The maximum Gasteiger partial charge on any atom is 0.138 e. The Balaban J connectivity index is 2.01. The number of fused-ring (bicyclic) bond motifs is 1. The van der Waals surface area contributed by atoms with Crippen molar-refractivity contribution >= 4 is 5.70 Å². The van der Waals surface area contributed by atoms with Crippen molar-refractivity contribution < 1.29 is 0 Å². The average Bonchev–Trinajstić information content (AvgIpc) is 3.06. The van der Waals surface area contributed by atoms with Gasteiger partial charge in [0, 0.05) is 48.9 Å². The Bertz CT molecular complexity index is 596. The SMILES string of the molecule is CCC1=CN=c2[nH]ccc2=C(N2CCC(NC)C2)C1. The summed E-state index contributed by atoms with van der Waals surface area (Å²) < 4.78 is 0. The molecule has 2 aliphatic rings. The second-order valence-corrected chi connectivity index (χ2v) is 5.35. The van der Waals surface area contributed by atoms with E-state index in [-0.39, 0.29) is 0 Å². The van der Waals surface area contributed by atoms with Crippen LogP contribution in [0.3, 0.4) is 0 Å². The van der Waals surface area contributed by atoms with Crippen molar-refractivity contribution in [2.24, 2.45) is 4.99 Å². The van der Waals surface area contributed by atoms with Gasteiger partial charge in [-0.15, -0.1) is 0 Å². The predicted molar refractivity (Wildman–Crippen MR) is 77.0 cm³/mol. The Morgan fingerprint density at radius 3 is 3.16 bits per heavy atom. The number of likely N-dealkylation sites (N-methyl/N-ethyl adjacent to an activating group) is 1. The van der Waals surface area contributed by atoms with Crippen LogP contribution in [0, 0.1) is 0 Å². The number of hydrogen-bond donors (Lipinski definition) is 2. The molecule has 102 valence electrons. The fourth-order valence-electron chi connectivity index (χ4n) is 2.95. The molecule has 0 aliphatic carbocycles. The van der Waals surface area contributed by atoms with E-state index in [1.807, 2.05) is 12.4 Å². The van der Waals surface area contributed by atoms with E-state index in [2.05, 4.69) is 40.2 Å². The third-order valence-corrected chi connectivity index (χ3v) is 4.24. The smallest absolute Gasteiger partial charge is 0.138 e. The molecule has 0 aromatic carbocycles. The van der Waals surface area contributed by atoms with E-state index in [4.69, 9.17) is 0 Å². The van der Waals surface area contributed by atoms with Gasteiger partial charge in [-0.05, 0) is 31.5 Å². The summed E-state index contributed by atoms with van der Waals surface area (Å²) >= 11 is 0. The van der Waals surface area contributed by atoms with Gasteiger partial charge in [0.1, 0.15) is 5.49 Å². The van der Waals surface area contributed by atoms with Crippen LogP contribution in [0.25, 0.3) is 5.70 Å². The lowest BCUT2D eigenvalue weighted by Gasteiger charge is -2.22. The number of hydrogen-bond acceptors (Lipinski definition) is 3. The molecule has 2 aliphatic heterocycles. The normalized spacial score (nSPS) is 22.8. The molecule has 0 radical (unpaired) electrons. The Morgan fingerprint density at radius 1 is 1.53 bits per heavy atom. The molecule has 0 spiro atoms. The van der Waals surface area contributed by atoms with Crippen LogP contribution in [0.2, 0.25) is 0 Å². The maximum absolute atomic E-state index is 4.58. The van der Waals surface area contributed by atoms with Gasteiger partial charge in [0.2, 0.25) is 0 Å². The number of likely N-dealkylation sites (tertiary alicyclic amines) is 1. The van der Waals surface area contributed by atoms with Crippen LogP contribution in [0.15, 0.2) is 29.0 Å². The van der Waals surface area contributed by atoms with Crippen LogP contribution in [-0.2, 0) is 0 Å². The van der Waals surface area contributed by atoms with E-state index in [0.29, 0.717) is 6.04 Å². The second kappa shape index (κ2) is 5.21. The van der Waals surface area contributed by atoms with E-state index < -0.39 is 0 Å². The van der Waals surface area contributed by atoms with Crippen LogP contribution in [0.5, 0.6) is 0 Å². The number of aromatic amines is 1. The zero-order valence-electron chi connectivity index (χ0n) is 11.7. The third kappa shape index (κ3) is 2.32. The second-order valence-electron chi connectivity index (χ2n) is 5.35. The highest BCUT2D eigenvalue weighted by molar-refractivity contribution is 5.48. The van der Waals surface area contributed by atoms with Gasteiger partial charge in [-0.1, -0.05) is 6.92 Å². The van der Waals surface area contributed by atoms with Gasteiger partial charge < -0.3 is 15.2 Å². The first kappa shape index (κ1) is 12.5. The molecule has 1 atom stereocenters. The van der Waals surface area contributed by atoms with Gasteiger partial charge in [0.25, 0.3) is 0 Å². The minimum Gasteiger partial charge on any atom is -0.372 e. The molecule has 1 fully saturated rings. The van der Waals surface area contributed by atoms with Crippen molar-refractivity contribution in [1.82, 2.24) is 15.2 Å². The number of nitrogens with zero attached hydrogens (tertiary/aromatic N) is 2.